The number of amides is 1. The highest BCUT2D eigenvalue weighted by Crippen LogP contribution is 2.19. The lowest BCUT2D eigenvalue weighted by molar-refractivity contribution is 0.103. The number of anilines is 1. The maximum absolute atomic E-state index is 12.8. The molecule has 0 saturated heterocycles. The van der Waals surface area contributed by atoms with Crippen molar-refractivity contribution in [1.82, 2.24) is 0 Å². The van der Waals surface area contributed by atoms with Gasteiger partial charge in [-0.2, -0.15) is 0 Å². The van der Waals surface area contributed by atoms with Crippen LogP contribution in [-0.2, 0) is 6.61 Å². The van der Waals surface area contributed by atoms with Gasteiger partial charge in [-0.05, 0) is 47.8 Å². The number of rotatable bonds is 5. The molecule has 5 heteroatoms. The van der Waals surface area contributed by atoms with Crippen molar-refractivity contribution in [3.8, 4) is 5.75 Å². The van der Waals surface area contributed by atoms with E-state index in [0.29, 0.717) is 17.2 Å². The molecule has 0 bridgehead atoms. The first-order valence-corrected chi connectivity index (χ1v) is 7.91. The van der Waals surface area contributed by atoms with Gasteiger partial charge in [0, 0.05) is 11.3 Å². The smallest absolute Gasteiger partial charge is 0.265 e. The largest absolute Gasteiger partial charge is 0.489 e. The van der Waals surface area contributed by atoms with Crippen LogP contribution in [0, 0.1) is 5.82 Å². The topological polar surface area (TPSA) is 38.3 Å². The summed E-state index contributed by atoms with van der Waals surface area (Å²) >= 11 is 1.36. The molecule has 2 aromatic carbocycles. The van der Waals surface area contributed by atoms with E-state index in [4.69, 9.17) is 4.74 Å². The average Bonchev–Trinajstić information content (AvgIpc) is 3.04. The van der Waals surface area contributed by atoms with E-state index in [1.165, 1.54) is 23.5 Å². The van der Waals surface area contributed by atoms with Crippen LogP contribution in [0.15, 0.2) is 66.0 Å². The fourth-order valence-electron chi connectivity index (χ4n) is 1.98. The lowest BCUT2D eigenvalue weighted by Gasteiger charge is -2.04. The first-order chi connectivity index (χ1) is 11.2. The number of para-hydroxylation sites is 1. The summed E-state index contributed by atoms with van der Waals surface area (Å²) in [6.45, 7) is 0.334. The first kappa shape index (κ1) is 15.2. The van der Waals surface area contributed by atoms with E-state index >= 15 is 0 Å². The normalized spacial score (nSPS) is 10.3. The van der Waals surface area contributed by atoms with Gasteiger partial charge in [-0.3, -0.25) is 4.79 Å². The average molecular weight is 327 g/mol. The second-order valence-electron chi connectivity index (χ2n) is 4.88. The summed E-state index contributed by atoms with van der Waals surface area (Å²) < 4.78 is 18.4. The molecule has 3 rings (SSSR count). The van der Waals surface area contributed by atoms with Gasteiger partial charge in [0.25, 0.3) is 5.91 Å². The van der Waals surface area contributed by atoms with Crippen LogP contribution in [0.3, 0.4) is 0 Å². The molecule has 23 heavy (non-hydrogen) atoms. The third-order valence-electron chi connectivity index (χ3n) is 3.13. The van der Waals surface area contributed by atoms with Gasteiger partial charge < -0.3 is 10.1 Å². The zero-order chi connectivity index (χ0) is 16.1. The Morgan fingerprint density at radius 3 is 2.57 bits per heavy atom. The van der Waals surface area contributed by atoms with Crippen molar-refractivity contribution in [2.45, 2.75) is 6.61 Å². The van der Waals surface area contributed by atoms with Gasteiger partial charge in [0.05, 0.1) is 4.88 Å². The summed E-state index contributed by atoms with van der Waals surface area (Å²) in [5, 5.41) is 4.72. The SMILES string of the molecule is O=C(Nc1ccccc1)c1cc(COc2ccc(F)cc2)cs1. The van der Waals surface area contributed by atoms with Crippen LogP contribution in [0.2, 0.25) is 0 Å². The van der Waals surface area contributed by atoms with Crippen LogP contribution in [0.5, 0.6) is 5.75 Å². The predicted molar refractivity (Wildman–Crippen MR) is 89.4 cm³/mol. The van der Waals surface area contributed by atoms with Gasteiger partial charge in [-0.25, -0.2) is 4.39 Å². The van der Waals surface area contributed by atoms with Gasteiger partial charge in [-0.15, -0.1) is 11.3 Å². The van der Waals surface area contributed by atoms with Gasteiger partial charge >= 0.3 is 0 Å². The summed E-state index contributed by atoms with van der Waals surface area (Å²) in [5.74, 6) is 0.148. The van der Waals surface area contributed by atoms with Crippen LogP contribution < -0.4 is 10.1 Å². The quantitative estimate of drug-likeness (QED) is 0.736. The Balaban J connectivity index is 1.59. The highest BCUT2D eigenvalue weighted by atomic mass is 32.1. The number of carbonyl (C=O) groups is 1. The highest BCUT2D eigenvalue weighted by Gasteiger charge is 2.10. The van der Waals surface area contributed by atoms with E-state index in [-0.39, 0.29) is 11.7 Å². The Morgan fingerprint density at radius 2 is 1.83 bits per heavy atom. The van der Waals surface area contributed by atoms with Gasteiger partial charge in [0.1, 0.15) is 18.2 Å². The summed E-state index contributed by atoms with van der Waals surface area (Å²) in [6.07, 6.45) is 0. The maximum Gasteiger partial charge on any atom is 0.265 e. The Labute approximate surface area is 137 Å². The highest BCUT2D eigenvalue weighted by molar-refractivity contribution is 7.12. The fraction of sp³-hybridized carbons (Fsp3) is 0.0556. The number of carbonyl (C=O) groups excluding carboxylic acids is 1. The van der Waals surface area contributed by atoms with Crippen LogP contribution >= 0.6 is 11.3 Å². The van der Waals surface area contributed by atoms with Crippen molar-refractivity contribution in [2.75, 3.05) is 5.32 Å². The van der Waals surface area contributed by atoms with Crippen LogP contribution in [0.4, 0.5) is 10.1 Å². The number of benzene rings is 2. The molecule has 0 saturated carbocycles. The Hall–Kier alpha value is -2.66. The monoisotopic (exact) mass is 327 g/mol. The second kappa shape index (κ2) is 7.07. The van der Waals surface area contributed by atoms with Crippen LogP contribution in [-0.4, -0.2) is 5.91 Å². The molecule has 0 fully saturated rings. The maximum atomic E-state index is 12.8. The molecular formula is C18H14FNO2S. The van der Waals surface area contributed by atoms with Crippen LogP contribution in [0.25, 0.3) is 0 Å². The van der Waals surface area contributed by atoms with E-state index in [0.717, 1.165) is 11.3 Å². The standard InChI is InChI=1S/C18H14FNO2S/c19-14-6-8-16(9-7-14)22-11-13-10-17(23-12-13)18(21)20-15-4-2-1-3-5-15/h1-10,12H,11H2,(H,20,21). The van der Waals surface area contributed by atoms with E-state index in [1.807, 2.05) is 35.7 Å². The molecule has 3 nitrogen and oxygen atoms in total. The summed E-state index contributed by atoms with van der Waals surface area (Å²) in [4.78, 5) is 12.8. The van der Waals surface area contributed by atoms with Crippen molar-refractivity contribution in [1.29, 1.82) is 0 Å². The molecule has 0 aliphatic heterocycles. The van der Waals surface area contributed by atoms with Gasteiger partial charge in [-0.1, -0.05) is 18.2 Å². The molecule has 0 radical (unpaired) electrons. The number of hydrogen-bond donors (Lipinski definition) is 1. The van der Waals surface area contributed by atoms with Gasteiger partial charge in [0.2, 0.25) is 0 Å². The van der Waals surface area contributed by atoms with Crippen molar-refractivity contribution in [3.05, 3.63) is 82.3 Å². The Kier molecular flexibility index (Phi) is 4.68. The van der Waals surface area contributed by atoms with Crippen molar-refractivity contribution >= 4 is 22.9 Å². The predicted octanol–water partition coefficient (Wildman–Crippen LogP) is 4.72. The Bertz CT molecular complexity index is 784. The second-order valence-corrected chi connectivity index (χ2v) is 5.79. The zero-order valence-electron chi connectivity index (χ0n) is 12.2. The molecule has 116 valence electrons. The summed E-state index contributed by atoms with van der Waals surface area (Å²) in [7, 11) is 0. The molecule has 0 spiro atoms. The first-order valence-electron chi connectivity index (χ1n) is 7.03. The molecule has 0 unspecified atom stereocenters. The molecule has 1 aromatic heterocycles. The molecule has 1 N–H and O–H groups in total. The minimum atomic E-state index is -0.298. The number of halogens is 1. The summed E-state index contributed by atoms with van der Waals surface area (Å²) in [5.41, 5.74) is 1.66. The number of ether oxygens (including phenoxy) is 1. The molecule has 1 heterocycles. The molecule has 0 atom stereocenters. The molecule has 0 aliphatic rings. The van der Waals surface area contributed by atoms with E-state index < -0.39 is 0 Å². The van der Waals surface area contributed by atoms with E-state index in [9.17, 15) is 9.18 Å². The molecular weight excluding hydrogens is 313 g/mol. The van der Waals surface area contributed by atoms with Crippen molar-refractivity contribution in [2.24, 2.45) is 0 Å². The molecule has 1 amide bonds. The minimum Gasteiger partial charge on any atom is -0.489 e. The number of hydrogen-bond acceptors (Lipinski definition) is 3. The van der Waals surface area contributed by atoms with Crippen LogP contribution in [0.1, 0.15) is 15.2 Å². The lowest BCUT2D eigenvalue weighted by Crippen LogP contribution is -2.09. The van der Waals surface area contributed by atoms with Gasteiger partial charge in [0.15, 0.2) is 0 Å². The fourth-order valence-corrected chi connectivity index (χ4v) is 2.77. The van der Waals surface area contributed by atoms with Crippen molar-refractivity contribution < 1.29 is 13.9 Å². The number of nitrogens with one attached hydrogen (secondary N) is 1. The van der Waals surface area contributed by atoms with E-state index in [1.54, 1.807) is 18.2 Å². The van der Waals surface area contributed by atoms with Crippen molar-refractivity contribution in [3.63, 3.8) is 0 Å². The third kappa shape index (κ3) is 4.17. The summed E-state index contributed by atoms with van der Waals surface area (Å²) in [6, 6.07) is 16.9. The minimum absolute atomic E-state index is 0.144. The third-order valence-corrected chi connectivity index (χ3v) is 4.11. The molecule has 3 aromatic rings. The lowest BCUT2D eigenvalue weighted by atomic mass is 10.3. The molecule has 0 aliphatic carbocycles. The Morgan fingerprint density at radius 1 is 1.09 bits per heavy atom. The number of thiophene rings is 1. The zero-order valence-corrected chi connectivity index (χ0v) is 13.0. The van der Waals surface area contributed by atoms with E-state index in [2.05, 4.69) is 5.32 Å².